The highest BCUT2D eigenvalue weighted by Gasteiger charge is 2.17. The lowest BCUT2D eigenvalue weighted by molar-refractivity contribution is 0.502. The molecule has 0 aliphatic carbocycles. The standard InChI is InChI=1S/C19H24FN/c1-4-17(6-5-16(3)20)19-9-7-18(8-10-19)15(2)11-12-21-13-14-21/h4-10,15H,3,11-14H2,1-2H3/b6-5-,17-4+. The van der Waals surface area contributed by atoms with Crippen LogP contribution >= 0.6 is 0 Å². The summed E-state index contributed by atoms with van der Waals surface area (Å²) in [7, 11) is 0. The second kappa shape index (κ2) is 7.37. The molecule has 2 heteroatoms. The number of halogens is 1. The van der Waals surface area contributed by atoms with Crippen LogP contribution in [0.3, 0.4) is 0 Å². The quantitative estimate of drug-likeness (QED) is 0.506. The van der Waals surface area contributed by atoms with Crippen LogP contribution in [0.4, 0.5) is 4.39 Å². The van der Waals surface area contributed by atoms with Gasteiger partial charge in [0.05, 0.1) is 0 Å². The van der Waals surface area contributed by atoms with Gasteiger partial charge in [-0.05, 0) is 48.6 Å². The predicted octanol–water partition coefficient (Wildman–Crippen LogP) is 4.94. The summed E-state index contributed by atoms with van der Waals surface area (Å²) < 4.78 is 12.7. The highest BCUT2D eigenvalue weighted by Crippen LogP contribution is 2.24. The van der Waals surface area contributed by atoms with E-state index in [0.717, 1.165) is 11.1 Å². The molecule has 0 radical (unpaired) electrons. The third kappa shape index (κ3) is 4.98. The largest absolute Gasteiger partial charge is 0.301 e. The van der Waals surface area contributed by atoms with Crippen LogP contribution in [0.25, 0.3) is 5.57 Å². The van der Waals surface area contributed by atoms with Gasteiger partial charge in [0.25, 0.3) is 0 Å². The molecule has 1 unspecified atom stereocenters. The van der Waals surface area contributed by atoms with E-state index in [4.69, 9.17) is 0 Å². The van der Waals surface area contributed by atoms with Crippen molar-refractivity contribution in [2.75, 3.05) is 19.6 Å². The van der Waals surface area contributed by atoms with E-state index in [1.165, 1.54) is 37.7 Å². The van der Waals surface area contributed by atoms with Crippen molar-refractivity contribution < 1.29 is 4.39 Å². The average Bonchev–Trinajstić information content (AvgIpc) is 3.30. The third-order valence-corrected chi connectivity index (χ3v) is 3.99. The molecule has 1 aromatic carbocycles. The summed E-state index contributed by atoms with van der Waals surface area (Å²) in [5.41, 5.74) is 3.49. The van der Waals surface area contributed by atoms with Gasteiger partial charge >= 0.3 is 0 Å². The summed E-state index contributed by atoms with van der Waals surface area (Å²) in [5.74, 6) is 0.157. The molecule has 0 spiro atoms. The molecule has 21 heavy (non-hydrogen) atoms. The van der Waals surface area contributed by atoms with Crippen molar-refractivity contribution >= 4 is 5.57 Å². The molecule has 1 atom stereocenters. The minimum absolute atomic E-state index is 0.422. The molecule has 0 amide bonds. The Kier molecular flexibility index (Phi) is 5.51. The minimum Gasteiger partial charge on any atom is -0.301 e. The van der Waals surface area contributed by atoms with E-state index in [-0.39, 0.29) is 0 Å². The van der Waals surface area contributed by atoms with Gasteiger partial charge in [0.2, 0.25) is 0 Å². The number of hydrogen-bond donors (Lipinski definition) is 0. The zero-order valence-electron chi connectivity index (χ0n) is 13.0. The number of nitrogens with zero attached hydrogens (tertiary/aromatic N) is 1. The first kappa shape index (κ1) is 15.7. The number of rotatable bonds is 7. The number of hydrogen-bond acceptors (Lipinski definition) is 1. The summed E-state index contributed by atoms with van der Waals surface area (Å²) in [6, 6.07) is 8.60. The Bertz CT molecular complexity index is 535. The zero-order valence-corrected chi connectivity index (χ0v) is 13.0. The molecule has 2 rings (SSSR count). The Balaban J connectivity index is 2.00. The fourth-order valence-corrected chi connectivity index (χ4v) is 2.38. The molecule has 0 saturated carbocycles. The SMILES string of the molecule is C=C(F)/C=C\C(=C/C)c1ccc(C(C)CCN2CC2)cc1. The first-order valence-corrected chi connectivity index (χ1v) is 7.61. The van der Waals surface area contributed by atoms with Crippen molar-refractivity contribution in [1.82, 2.24) is 4.90 Å². The molecule has 1 fully saturated rings. The lowest BCUT2D eigenvalue weighted by Gasteiger charge is -2.13. The molecule has 1 heterocycles. The van der Waals surface area contributed by atoms with Crippen LogP contribution in [-0.4, -0.2) is 24.5 Å². The van der Waals surface area contributed by atoms with Crippen LogP contribution in [0.15, 0.2) is 54.9 Å². The fraction of sp³-hybridized carbons (Fsp3) is 0.368. The van der Waals surface area contributed by atoms with Gasteiger partial charge in [-0.3, -0.25) is 0 Å². The highest BCUT2D eigenvalue weighted by molar-refractivity contribution is 5.74. The average molecular weight is 285 g/mol. The van der Waals surface area contributed by atoms with Gasteiger partial charge in [0.1, 0.15) is 5.83 Å². The van der Waals surface area contributed by atoms with Crippen molar-refractivity contribution in [3.8, 4) is 0 Å². The molecule has 0 aromatic heterocycles. The third-order valence-electron chi connectivity index (χ3n) is 3.99. The van der Waals surface area contributed by atoms with Crippen molar-refractivity contribution in [3.63, 3.8) is 0 Å². The lowest BCUT2D eigenvalue weighted by atomic mass is 9.95. The van der Waals surface area contributed by atoms with Gasteiger partial charge in [-0.25, -0.2) is 4.39 Å². The predicted molar refractivity (Wildman–Crippen MR) is 89.0 cm³/mol. The van der Waals surface area contributed by atoms with Crippen molar-refractivity contribution in [3.05, 3.63) is 66.0 Å². The van der Waals surface area contributed by atoms with E-state index in [2.05, 4.69) is 42.7 Å². The van der Waals surface area contributed by atoms with Gasteiger partial charge in [-0.15, -0.1) is 0 Å². The second-order valence-electron chi connectivity index (χ2n) is 5.68. The van der Waals surface area contributed by atoms with Crippen LogP contribution in [0, 0.1) is 0 Å². The molecule has 0 bridgehead atoms. The van der Waals surface area contributed by atoms with E-state index in [1.807, 2.05) is 13.0 Å². The lowest BCUT2D eigenvalue weighted by Crippen LogP contribution is -2.04. The molecular formula is C19H24FN. The smallest absolute Gasteiger partial charge is 0.116 e. The Morgan fingerprint density at radius 3 is 2.48 bits per heavy atom. The van der Waals surface area contributed by atoms with Gasteiger partial charge < -0.3 is 4.90 Å². The second-order valence-corrected chi connectivity index (χ2v) is 5.68. The summed E-state index contributed by atoms with van der Waals surface area (Å²) in [6.07, 6.45) is 6.35. The summed E-state index contributed by atoms with van der Waals surface area (Å²) in [5, 5.41) is 0. The van der Waals surface area contributed by atoms with E-state index >= 15 is 0 Å². The van der Waals surface area contributed by atoms with E-state index < -0.39 is 5.83 Å². The maximum absolute atomic E-state index is 12.7. The number of benzene rings is 1. The van der Waals surface area contributed by atoms with Crippen molar-refractivity contribution in [1.29, 1.82) is 0 Å². The Morgan fingerprint density at radius 2 is 1.95 bits per heavy atom. The summed E-state index contributed by atoms with van der Waals surface area (Å²) in [4.78, 5) is 2.46. The maximum atomic E-state index is 12.7. The van der Waals surface area contributed by atoms with Crippen LogP contribution in [-0.2, 0) is 0 Å². The van der Waals surface area contributed by atoms with Gasteiger partial charge in [0.15, 0.2) is 0 Å². The Labute approximate surface area is 127 Å². The molecule has 1 aliphatic rings. The Morgan fingerprint density at radius 1 is 1.29 bits per heavy atom. The van der Waals surface area contributed by atoms with Gasteiger partial charge in [0, 0.05) is 13.1 Å². The minimum atomic E-state index is -0.422. The monoisotopic (exact) mass is 285 g/mol. The van der Waals surface area contributed by atoms with Crippen molar-refractivity contribution in [2.24, 2.45) is 0 Å². The van der Waals surface area contributed by atoms with Crippen molar-refractivity contribution in [2.45, 2.75) is 26.2 Å². The molecule has 1 nitrogen and oxygen atoms in total. The molecule has 1 saturated heterocycles. The number of allylic oxidation sites excluding steroid dienone is 5. The van der Waals surface area contributed by atoms with Crippen LogP contribution < -0.4 is 0 Å². The molecule has 0 N–H and O–H groups in total. The highest BCUT2D eigenvalue weighted by atomic mass is 19.1. The van der Waals surface area contributed by atoms with Crippen LogP contribution in [0.5, 0.6) is 0 Å². The Hall–Kier alpha value is -1.67. The zero-order chi connectivity index (χ0) is 15.2. The molecule has 112 valence electrons. The fourth-order valence-electron chi connectivity index (χ4n) is 2.38. The van der Waals surface area contributed by atoms with Crippen LogP contribution in [0.2, 0.25) is 0 Å². The van der Waals surface area contributed by atoms with Crippen LogP contribution in [0.1, 0.15) is 37.3 Å². The molecule has 1 aromatic rings. The molecule has 1 aliphatic heterocycles. The summed E-state index contributed by atoms with van der Waals surface area (Å²) >= 11 is 0. The van der Waals surface area contributed by atoms with Gasteiger partial charge in [-0.2, -0.15) is 0 Å². The first-order chi connectivity index (χ1) is 10.1. The van der Waals surface area contributed by atoms with E-state index in [1.54, 1.807) is 6.08 Å². The summed E-state index contributed by atoms with van der Waals surface area (Å²) in [6.45, 7) is 11.2. The van der Waals surface area contributed by atoms with Gasteiger partial charge in [-0.1, -0.05) is 49.9 Å². The van der Waals surface area contributed by atoms with E-state index in [0.29, 0.717) is 5.92 Å². The first-order valence-electron chi connectivity index (χ1n) is 7.61. The maximum Gasteiger partial charge on any atom is 0.116 e. The topological polar surface area (TPSA) is 3.01 Å². The normalized spacial score (nSPS) is 17.2. The molecular weight excluding hydrogens is 261 g/mol. The van der Waals surface area contributed by atoms with E-state index in [9.17, 15) is 4.39 Å².